The number of nitrogens with zero attached hydrogens (tertiary/aromatic N) is 1. The van der Waals surface area contributed by atoms with E-state index in [0.717, 1.165) is 16.1 Å². The van der Waals surface area contributed by atoms with E-state index in [1.165, 1.54) is 0 Å². The zero-order valence-corrected chi connectivity index (χ0v) is 13.6. The van der Waals surface area contributed by atoms with Crippen molar-refractivity contribution in [3.8, 4) is 10.4 Å². The maximum Gasteiger partial charge on any atom is 0.258 e. The first-order valence-electron chi connectivity index (χ1n) is 6.83. The molecule has 0 fully saturated rings. The second-order valence-corrected chi connectivity index (χ2v) is 6.25. The van der Waals surface area contributed by atoms with Gasteiger partial charge in [0.2, 0.25) is 0 Å². The first-order chi connectivity index (χ1) is 10.6. The topological polar surface area (TPSA) is 20.3 Å². The minimum Gasteiger partial charge on any atom is -0.311 e. The highest BCUT2D eigenvalue weighted by Gasteiger charge is 2.15. The Morgan fingerprint density at radius 1 is 1.05 bits per heavy atom. The average molecular weight is 328 g/mol. The minimum absolute atomic E-state index is 0.0471. The van der Waals surface area contributed by atoms with Crippen LogP contribution in [0, 0.1) is 0 Å². The van der Waals surface area contributed by atoms with Crippen molar-refractivity contribution in [2.45, 2.75) is 0 Å². The summed E-state index contributed by atoms with van der Waals surface area (Å²) in [6, 6.07) is 19.1. The normalized spacial score (nSPS) is 10.5. The predicted molar refractivity (Wildman–Crippen MR) is 93.9 cm³/mol. The fraction of sp³-hybridized carbons (Fsp3) is 0.0556. The van der Waals surface area contributed by atoms with Crippen LogP contribution in [0.2, 0.25) is 5.02 Å². The van der Waals surface area contributed by atoms with Crippen LogP contribution < -0.4 is 4.90 Å². The number of hydrogen-bond acceptors (Lipinski definition) is 2. The molecule has 0 aliphatic rings. The Hall–Kier alpha value is -2.10. The monoisotopic (exact) mass is 327 g/mol. The third-order valence-electron chi connectivity index (χ3n) is 3.43. The molecule has 0 saturated heterocycles. The van der Waals surface area contributed by atoms with Crippen molar-refractivity contribution in [2.75, 3.05) is 11.9 Å². The lowest BCUT2D eigenvalue weighted by atomic mass is 10.2. The predicted octanol–water partition coefficient (Wildman–Crippen LogP) is 5.35. The number of anilines is 1. The molecule has 0 atom stereocenters. The van der Waals surface area contributed by atoms with Crippen LogP contribution in [0.1, 0.15) is 10.4 Å². The molecule has 2 nitrogen and oxygen atoms in total. The lowest BCUT2D eigenvalue weighted by molar-refractivity contribution is 0.0993. The van der Waals surface area contributed by atoms with Crippen molar-refractivity contribution in [1.29, 1.82) is 0 Å². The fourth-order valence-electron chi connectivity index (χ4n) is 2.16. The van der Waals surface area contributed by atoms with Gasteiger partial charge in [-0.1, -0.05) is 41.9 Å². The quantitative estimate of drug-likeness (QED) is 0.635. The minimum atomic E-state index is -0.0471. The molecule has 0 spiro atoms. The molecule has 110 valence electrons. The van der Waals surface area contributed by atoms with E-state index >= 15 is 0 Å². The largest absolute Gasteiger partial charge is 0.311 e. The number of halogens is 1. The maximum absolute atomic E-state index is 12.5. The Labute approximate surface area is 138 Å². The Morgan fingerprint density at radius 3 is 2.41 bits per heavy atom. The molecule has 22 heavy (non-hydrogen) atoms. The molecule has 0 bridgehead atoms. The van der Waals surface area contributed by atoms with Gasteiger partial charge >= 0.3 is 0 Å². The third-order valence-corrected chi connectivity index (χ3v) is 4.65. The van der Waals surface area contributed by atoms with E-state index in [-0.39, 0.29) is 5.91 Å². The molecule has 0 unspecified atom stereocenters. The molecule has 2 aromatic carbocycles. The summed E-state index contributed by atoms with van der Waals surface area (Å²) in [5.41, 5.74) is 2.68. The van der Waals surface area contributed by atoms with Gasteiger partial charge in [0.05, 0.1) is 5.69 Å². The highest BCUT2D eigenvalue weighted by atomic mass is 35.5. The van der Waals surface area contributed by atoms with Gasteiger partial charge < -0.3 is 4.90 Å². The van der Waals surface area contributed by atoms with E-state index in [1.54, 1.807) is 47.5 Å². The number of carbonyl (C=O) groups is 1. The SMILES string of the molecule is CN(C(=O)c1ccc(Cl)cc1)c1csc(-c2ccccc2)c1. The Balaban J connectivity index is 1.83. The molecule has 0 saturated carbocycles. The van der Waals surface area contributed by atoms with Gasteiger partial charge in [-0.3, -0.25) is 4.79 Å². The molecule has 0 aliphatic carbocycles. The van der Waals surface area contributed by atoms with Gasteiger partial charge in [-0.25, -0.2) is 0 Å². The van der Waals surface area contributed by atoms with E-state index in [2.05, 4.69) is 12.1 Å². The molecular formula is C18H14ClNOS. The van der Waals surface area contributed by atoms with Crippen molar-refractivity contribution in [2.24, 2.45) is 0 Å². The molecule has 1 aromatic heterocycles. The van der Waals surface area contributed by atoms with E-state index in [0.29, 0.717) is 10.6 Å². The van der Waals surface area contributed by atoms with Crippen molar-refractivity contribution in [3.63, 3.8) is 0 Å². The van der Waals surface area contributed by atoms with Crippen LogP contribution in [0.3, 0.4) is 0 Å². The molecule has 3 aromatic rings. The Morgan fingerprint density at radius 2 is 1.73 bits per heavy atom. The smallest absolute Gasteiger partial charge is 0.258 e. The molecular weight excluding hydrogens is 314 g/mol. The van der Waals surface area contributed by atoms with E-state index in [4.69, 9.17) is 11.6 Å². The number of thiophene rings is 1. The van der Waals surface area contributed by atoms with Crippen LogP contribution in [0.15, 0.2) is 66.0 Å². The van der Waals surface area contributed by atoms with Gasteiger partial charge in [0.25, 0.3) is 5.91 Å². The summed E-state index contributed by atoms with van der Waals surface area (Å²) in [7, 11) is 1.79. The number of amides is 1. The summed E-state index contributed by atoms with van der Waals surface area (Å²) in [6.45, 7) is 0. The van der Waals surface area contributed by atoms with Crippen molar-refractivity contribution < 1.29 is 4.79 Å². The molecule has 0 radical (unpaired) electrons. The standard InChI is InChI=1S/C18H14ClNOS/c1-20(18(21)14-7-9-15(19)10-8-14)16-11-17(22-12-16)13-5-3-2-4-6-13/h2-12H,1H3. The van der Waals surface area contributed by atoms with E-state index in [9.17, 15) is 4.79 Å². The number of carbonyl (C=O) groups excluding carboxylic acids is 1. The second kappa shape index (κ2) is 6.34. The molecule has 4 heteroatoms. The summed E-state index contributed by atoms with van der Waals surface area (Å²) in [6.07, 6.45) is 0. The molecule has 0 aliphatic heterocycles. The van der Waals surface area contributed by atoms with Gasteiger partial charge in [-0.15, -0.1) is 11.3 Å². The first kappa shape index (κ1) is 14.8. The second-order valence-electron chi connectivity index (χ2n) is 4.91. The summed E-state index contributed by atoms with van der Waals surface area (Å²) >= 11 is 7.49. The van der Waals surface area contributed by atoms with Crippen LogP contribution in [-0.2, 0) is 0 Å². The van der Waals surface area contributed by atoms with Gasteiger partial charge in [0, 0.05) is 27.9 Å². The molecule has 0 N–H and O–H groups in total. The summed E-state index contributed by atoms with van der Waals surface area (Å²) in [5.74, 6) is -0.0471. The lowest BCUT2D eigenvalue weighted by Gasteiger charge is -2.15. The van der Waals surface area contributed by atoms with Crippen LogP contribution in [-0.4, -0.2) is 13.0 Å². The summed E-state index contributed by atoms with van der Waals surface area (Å²) in [4.78, 5) is 15.3. The van der Waals surface area contributed by atoms with Crippen molar-refractivity contribution in [3.05, 3.63) is 76.6 Å². The van der Waals surface area contributed by atoms with Gasteiger partial charge in [-0.05, 0) is 35.9 Å². The number of hydrogen-bond donors (Lipinski definition) is 0. The first-order valence-corrected chi connectivity index (χ1v) is 8.08. The third kappa shape index (κ3) is 3.06. The number of rotatable bonds is 3. The Kier molecular flexibility index (Phi) is 4.27. The van der Waals surface area contributed by atoms with Crippen molar-refractivity contribution in [1.82, 2.24) is 0 Å². The van der Waals surface area contributed by atoms with Crippen LogP contribution in [0.4, 0.5) is 5.69 Å². The van der Waals surface area contributed by atoms with Crippen LogP contribution in [0.5, 0.6) is 0 Å². The number of benzene rings is 2. The highest BCUT2D eigenvalue weighted by Crippen LogP contribution is 2.31. The lowest BCUT2D eigenvalue weighted by Crippen LogP contribution is -2.25. The molecule has 1 amide bonds. The molecule has 3 rings (SSSR count). The zero-order valence-electron chi connectivity index (χ0n) is 12.0. The fourth-order valence-corrected chi connectivity index (χ4v) is 3.22. The van der Waals surface area contributed by atoms with Crippen molar-refractivity contribution >= 4 is 34.5 Å². The van der Waals surface area contributed by atoms with Crippen LogP contribution >= 0.6 is 22.9 Å². The van der Waals surface area contributed by atoms with Gasteiger partial charge in [0.15, 0.2) is 0 Å². The van der Waals surface area contributed by atoms with Gasteiger partial charge in [-0.2, -0.15) is 0 Å². The summed E-state index contributed by atoms with van der Waals surface area (Å²) < 4.78 is 0. The van der Waals surface area contributed by atoms with Gasteiger partial charge in [0.1, 0.15) is 0 Å². The van der Waals surface area contributed by atoms with E-state index in [1.807, 2.05) is 29.6 Å². The molecule has 1 heterocycles. The van der Waals surface area contributed by atoms with E-state index < -0.39 is 0 Å². The average Bonchev–Trinajstić information content (AvgIpc) is 3.05. The zero-order chi connectivity index (χ0) is 15.5. The maximum atomic E-state index is 12.5. The Bertz CT molecular complexity index is 780. The van der Waals surface area contributed by atoms with Crippen LogP contribution in [0.25, 0.3) is 10.4 Å². The summed E-state index contributed by atoms with van der Waals surface area (Å²) in [5, 5.41) is 2.62. The highest BCUT2D eigenvalue weighted by molar-refractivity contribution is 7.14.